The van der Waals surface area contributed by atoms with Gasteiger partial charge >= 0.3 is 0 Å². The summed E-state index contributed by atoms with van der Waals surface area (Å²) in [6.45, 7) is 3.46. The van der Waals surface area contributed by atoms with Crippen LogP contribution in [0.1, 0.15) is 28.9 Å². The summed E-state index contributed by atoms with van der Waals surface area (Å²) in [5, 5.41) is 3.24. The standard InChI is InChI=1S/C33H33ClN8O3/c1-20-29(33(44)42(40(20)2)27-9-5-4-7-24(27)34)32(43)37-22-13-11-21(12-14-22)30-31(35)36-19-26(39-30)25-8-6-10-28(38-25)41-17-15-23(45-3)16-18-41/h4-14,19,23H,15-18H2,1-3H3,(H2,35,36)(H,37,43). The zero-order valence-corrected chi connectivity index (χ0v) is 26.0. The molecule has 1 aliphatic heterocycles. The monoisotopic (exact) mass is 624 g/mol. The van der Waals surface area contributed by atoms with Crippen LogP contribution in [0.2, 0.25) is 5.02 Å². The lowest BCUT2D eigenvalue weighted by atomic mass is 10.1. The Bertz CT molecular complexity index is 1930. The number of anilines is 3. The summed E-state index contributed by atoms with van der Waals surface area (Å²) >= 11 is 6.34. The number of hydrogen-bond acceptors (Lipinski definition) is 8. The molecule has 230 valence electrons. The number of nitrogen functional groups attached to an aromatic ring is 1. The maximum atomic E-state index is 13.3. The molecule has 0 saturated carbocycles. The number of methoxy groups -OCH3 is 1. The molecule has 0 radical (unpaired) electrons. The zero-order valence-electron chi connectivity index (χ0n) is 25.2. The third-order valence-corrected chi connectivity index (χ3v) is 8.49. The van der Waals surface area contributed by atoms with E-state index in [0.717, 1.165) is 37.3 Å². The molecule has 1 saturated heterocycles. The average Bonchev–Trinajstić information content (AvgIpc) is 3.28. The highest BCUT2D eigenvalue weighted by Gasteiger charge is 2.24. The number of halogens is 1. The van der Waals surface area contributed by atoms with Crippen molar-refractivity contribution in [2.45, 2.75) is 25.9 Å². The smallest absolute Gasteiger partial charge is 0.284 e. The molecule has 12 heteroatoms. The quantitative estimate of drug-likeness (QED) is 0.255. The molecule has 5 aromatic rings. The van der Waals surface area contributed by atoms with Crippen LogP contribution in [-0.4, -0.2) is 56.5 Å². The van der Waals surface area contributed by atoms with Crippen LogP contribution in [0, 0.1) is 6.92 Å². The van der Waals surface area contributed by atoms with Crippen molar-refractivity contribution in [1.29, 1.82) is 0 Å². The molecule has 1 amide bonds. The van der Waals surface area contributed by atoms with E-state index in [4.69, 9.17) is 32.0 Å². The Labute approximate surface area is 265 Å². The van der Waals surface area contributed by atoms with Crippen molar-refractivity contribution < 1.29 is 9.53 Å². The van der Waals surface area contributed by atoms with Crippen molar-refractivity contribution in [1.82, 2.24) is 24.3 Å². The Morgan fingerprint density at radius 1 is 1.00 bits per heavy atom. The lowest BCUT2D eigenvalue weighted by Gasteiger charge is -2.32. The normalized spacial score (nSPS) is 13.6. The van der Waals surface area contributed by atoms with Gasteiger partial charge in [0.15, 0.2) is 0 Å². The van der Waals surface area contributed by atoms with E-state index in [1.54, 1.807) is 80.5 Å². The summed E-state index contributed by atoms with van der Waals surface area (Å²) in [7, 11) is 3.47. The number of piperidine rings is 1. The topological polar surface area (TPSA) is 133 Å². The minimum atomic E-state index is -0.523. The van der Waals surface area contributed by atoms with Crippen LogP contribution in [0.3, 0.4) is 0 Å². The molecule has 0 atom stereocenters. The van der Waals surface area contributed by atoms with Crippen LogP contribution in [-0.2, 0) is 11.8 Å². The molecule has 1 aliphatic rings. The van der Waals surface area contributed by atoms with E-state index >= 15 is 0 Å². The van der Waals surface area contributed by atoms with Crippen molar-refractivity contribution in [2.24, 2.45) is 7.05 Å². The summed E-state index contributed by atoms with van der Waals surface area (Å²) in [5.74, 6) is 0.633. The largest absolute Gasteiger partial charge is 0.382 e. The van der Waals surface area contributed by atoms with Gasteiger partial charge in [-0.3, -0.25) is 14.3 Å². The molecule has 0 unspecified atom stereocenters. The number of nitrogens with zero attached hydrogens (tertiary/aromatic N) is 6. The van der Waals surface area contributed by atoms with Gasteiger partial charge in [-0.25, -0.2) is 19.6 Å². The van der Waals surface area contributed by atoms with E-state index in [2.05, 4.69) is 15.2 Å². The van der Waals surface area contributed by atoms with Crippen LogP contribution in [0.25, 0.3) is 28.3 Å². The minimum Gasteiger partial charge on any atom is -0.382 e. The Balaban J connectivity index is 1.22. The first kappa shape index (κ1) is 30.0. The molecule has 11 nitrogen and oxygen atoms in total. The number of hydrogen-bond donors (Lipinski definition) is 2. The molecule has 0 spiro atoms. The fraction of sp³-hybridized carbons (Fsp3) is 0.242. The highest BCUT2D eigenvalue weighted by molar-refractivity contribution is 6.32. The van der Waals surface area contributed by atoms with E-state index in [0.29, 0.717) is 39.2 Å². The van der Waals surface area contributed by atoms with Gasteiger partial charge < -0.3 is 20.7 Å². The number of carbonyl (C=O) groups is 1. The fourth-order valence-electron chi connectivity index (χ4n) is 5.57. The second-order valence-electron chi connectivity index (χ2n) is 10.9. The molecule has 3 aromatic heterocycles. The van der Waals surface area contributed by atoms with Crippen LogP contribution in [0.15, 0.2) is 77.7 Å². The van der Waals surface area contributed by atoms with Gasteiger partial charge in [-0.2, -0.15) is 0 Å². The molecule has 6 rings (SSSR count). The molecule has 0 aliphatic carbocycles. The van der Waals surface area contributed by atoms with Gasteiger partial charge in [0.1, 0.15) is 28.6 Å². The number of aromatic nitrogens is 5. The highest BCUT2D eigenvalue weighted by atomic mass is 35.5. The number of para-hydroxylation sites is 1. The van der Waals surface area contributed by atoms with Crippen LogP contribution < -0.4 is 21.5 Å². The van der Waals surface area contributed by atoms with E-state index < -0.39 is 11.5 Å². The van der Waals surface area contributed by atoms with Crippen molar-refractivity contribution in [3.05, 3.63) is 99.6 Å². The highest BCUT2D eigenvalue weighted by Crippen LogP contribution is 2.28. The van der Waals surface area contributed by atoms with Gasteiger partial charge in [0.2, 0.25) is 0 Å². The predicted molar refractivity (Wildman–Crippen MR) is 176 cm³/mol. The Hall–Kier alpha value is -5.00. The summed E-state index contributed by atoms with van der Waals surface area (Å²) in [6.07, 6.45) is 3.81. The van der Waals surface area contributed by atoms with Crippen molar-refractivity contribution >= 4 is 34.8 Å². The van der Waals surface area contributed by atoms with Crippen LogP contribution in [0.5, 0.6) is 0 Å². The summed E-state index contributed by atoms with van der Waals surface area (Å²) in [4.78, 5) is 42.9. The molecule has 0 bridgehead atoms. The van der Waals surface area contributed by atoms with Crippen molar-refractivity contribution in [2.75, 3.05) is 36.1 Å². The third kappa shape index (κ3) is 5.92. The Kier molecular flexibility index (Phi) is 8.38. The fourth-order valence-corrected chi connectivity index (χ4v) is 5.78. The molecule has 3 N–H and O–H groups in total. The van der Waals surface area contributed by atoms with Gasteiger partial charge in [-0.15, -0.1) is 0 Å². The maximum Gasteiger partial charge on any atom is 0.284 e. The second kappa shape index (κ2) is 12.5. The first-order valence-corrected chi connectivity index (χ1v) is 15.0. The molecular formula is C33H33ClN8O3. The number of ether oxygens (including phenoxy) is 1. The number of pyridine rings is 1. The first-order chi connectivity index (χ1) is 21.7. The van der Waals surface area contributed by atoms with Crippen LogP contribution in [0.4, 0.5) is 17.3 Å². The van der Waals surface area contributed by atoms with Crippen LogP contribution >= 0.6 is 11.6 Å². The number of nitrogens with two attached hydrogens (primary N) is 1. The van der Waals surface area contributed by atoms with Gasteiger partial charge in [0.05, 0.1) is 34.4 Å². The van der Waals surface area contributed by atoms with Gasteiger partial charge in [0.25, 0.3) is 11.5 Å². The second-order valence-corrected chi connectivity index (χ2v) is 11.3. The Morgan fingerprint density at radius 3 is 2.44 bits per heavy atom. The van der Waals surface area contributed by atoms with E-state index in [1.165, 1.54) is 4.68 Å². The molecule has 4 heterocycles. The van der Waals surface area contributed by atoms with E-state index in [-0.39, 0.29) is 17.5 Å². The molecule has 1 fully saturated rings. The van der Waals surface area contributed by atoms with Gasteiger partial charge in [-0.05, 0) is 56.2 Å². The number of nitrogens with one attached hydrogen (secondary N) is 1. The number of benzene rings is 2. The van der Waals surface area contributed by atoms with Crippen molar-refractivity contribution in [3.8, 4) is 28.3 Å². The maximum absolute atomic E-state index is 13.3. The average molecular weight is 625 g/mol. The summed E-state index contributed by atoms with van der Waals surface area (Å²) in [6, 6.07) is 19.9. The number of carbonyl (C=O) groups excluding carboxylic acids is 1. The SMILES string of the molecule is COC1CCN(c2cccc(-c3cnc(N)c(-c4ccc(NC(=O)c5c(C)n(C)n(-c6ccccc6Cl)c5=O)cc4)n3)n2)CC1. The molecule has 2 aromatic carbocycles. The molecular weight excluding hydrogens is 592 g/mol. The predicted octanol–water partition coefficient (Wildman–Crippen LogP) is 5.11. The number of rotatable bonds is 7. The summed E-state index contributed by atoms with van der Waals surface area (Å²) < 4.78 is 8.50. The lowest BCUT2D eigenvalue weighted by molar-refractivity contribution is 0.0818. The zero-order chi connectivity index (χ0) is 31.7. The van der Waals surface area contributed by atoms with Gasteiger partial charge in [-0.1, -0.05) is 41.9 Å². The first-order valence-electron chi connectivity index (χ1n) is 14.6. The van der Waals surface area contributed by atoms with E-state index in [9.17, 15) is 9.59 Å². The van der Waals surface area contributed by atoms with Crippen molar-refractivity contribution in [3.63, 3.8) is 0 Å². The van der Waals surface area contributed by atoms with Gasteiger partial charge in [0, 0.05) is 38.5 Å². The minimum absolute atomic E-state index is 0.0297. The number of amides is 1. The molecule has 45 heavy (non-hydrogen) atoms. The lowest BCUT2D eigenvalue weighted by Crippen LogP contribution is -2.37. The van der Waals surface area contributed by atoms with E-state index in [1.807, 2.05) is 18.2 Å². The third-order valence-electron chi connectivity index (χ3n) is 8.17. The Morgan fingerprint density at radius 2 is 1.73 bits per heavy atom. The summed E-state index contributed by atoms with van der Waals surface area (Å²) in [5.41, 5.74) is 9.82.